The normalized spacial score (nSPS) is 27.5. The van der Waals surface area contributed by atoms with Crippen molar-refractivity contribution in [3.63, 3.8) is 0 Å². The van der Waals surface area contributed by atoms with Crippen molar-refractivity contribution < 1.29 is 24.5 Å². The number of methoxy groups -OCH3 is 1. The van der Waals surface area contributed by atoms with Gasteiger partial charge in [0.1, 0.15) is 6.10 Å². The lowest BCUT2D eigenvalue weighted by Gasteiger charge is -2.17. The molecule has 0 aliphatic carbocycles. The number of hydrogen-bond donors (Lipinski definition) is 3. The van der Waals surface area contributed by atoms with E-state index >= 15 is 0 Å². The molecule has 1 aliphatic rings. The molecule has 0 bridgehead atoms. The molecule has 126 valence electrons. The van der Waals surface area contributed by atoms with E-state index in [-0.39, 0.29) is 12.2 Å². The minimum absolute atomic E-state index is 0.0169. The van der Waals surface area contributed by atoms with Crippen molar-refractivity contribution >= 4 is 34.6 Å². The molecule has 0 radical (unpaired) electrons. The molecule has 1 saturated heterocycles. The van der Waals surface area contributed by atoms with Gasteiger partial charge in [-0.25, -0.2) is 9.59 Å². The van der Waals surface area contributed by atoms with Crippen LogP contribution in [0, 0.1) is 0 Å². The second-order valence-electron chi connectivity index (χ2n) is 4.79. The van der Waals surface area contributed by atoms with Crippen LogP contribution in [0.4, 0.5) is 0 Å². The van der Waals surface area contributed by atoms with Crippen molar-refractivity contribution in [2.75, 3.05) is 13.7 Å². The monoisotopic (exact) mass is 438 g/mol. The third kappa shape index (κ3) is 3.71. The van der Waals surface area contributed by atoms with Crippen LogP contribution in [0.25, 0.3) is 6.08 Å². The second kappa shape index (κ2) is 7.38. The third-order valence-corrected chi connectivity index (χ3v) is 4.88. The van der Waals surface area contributed by atoms with Crippen molar-refractivity contribution in [3.8, 4) is 0 Å². The minimum Gasteiger partial charge on any atom is -0.466 e. The van der Waals surface area contributed by atoms with Gasteiger partial charge in [0, 0.05) is 12.3 Å². The predicted molar refractivity (Wildman–Crippen MR) is 87.2 cm³/mol. The number of aliphatic hydroxyl groups is 2. The fraction of sp³-hybridized carbons (Fsp3) is 0.462. The summed E-state index contributed by atoms with van der Waals surface area (Å²) >= 11 is 1.92. The number of aromatic nitrogens is 2. The van der Waals surface area contributed by atoms with Gasteiger partial charge in [-0.2, -0.15) is 0 Å². The molecule has 4 atom stereocenters. The van der Waals surface area contributed by atoms with E-state index < -0.39 is 39.6 Å². The zero-order chi connectivity index (χ0) is 17.1. The van der Waals surface area contributed by atoms with Gasteiger partial charge >= 0.3 is 11.7 Å². The largest absolute Gasteiger partial charge is 0.466 e. The van der Waals surface area contributed by atoms with E-state index in [9.17, 15) is 24.6 Å². The first kappa shape index (κ1) is 17.8. The topological polar surface area (TPSA) is 131 Å². The number of nitrogens with one attached hydrogen (secondary N) is 1. The number of alkyl halides is 1. The van der Waals surface area contributed by atoms with E-state index in [1.165, 1.54) is 19.4 Å². The highest BCUT2D eigenvalue weighted by Gasteiger charge is 2.43. The van der Waals surface area contributed by atoms with Crippen LogP contribution in [0.2, 0.25) is 0 Å². The van der Waals surface area contributed by atoms with Gasteiger partial charge in [0.15, 0.2) is 6.23 Å². The van der Waals surface area contributed by atoms with E-state index in [4.69, 9.17) is 4.74 Å². The molecule has 3 N–H and O–H groups in total. The highest BCUT2D eigenvalue weighted by Crippen LogP contribution is 2.33. The Labute approximate surface area is 143 Å². The average molecular weight is 438 g/mol. The first-order valence-electron chi connectivity index (χ1n) is 6.59. The van der Waals surface area contributed by atoms with E-state index in [1.807, 2.05) is 22.6 Å². The first-order valence-corrected chi connectivity index (χ1v) is 7.83. The summed E-state index contributed by atoms with van der Waals surface area (Å²) in [4.78, 5) is 36.9. The number of carbonyl (C=O) groups excluding carboxylic acids is 1. The molecule has 23 heavy (non-hydrogen) atoms. The first-order chi connectivity index (χ1) is 10.9. The van der Waals surface area contributed by atoms with Crippen LogP contribution in [0.1, 0.15) is 11.8 Å². The van der Waals surface area contributed by atoms with Crippen LogP contribution in [0.5, 0.6) is 0 Å². The lowest BCUT2D eigenvalue weighted by atomic mass is 10.2. The van der Waals surface area contributed by atoms with E-state index in [2.05, 4.69) is 9.72 Å². The molecule has 1 fully saturated rings. The van der Waals surface area contributed by atoms with Gasteiger partial charge in [0.05, 0.1) is 29.3 Å². The number of esters is 1. The molecule has 1 aliphatic heterocycles. The highest BCUT2D eigenvalue weighted by atomic mass is 127. The molecular weight excluding hydrogens is 423 g/mol. The molecule has 2 heterocycles. The zero-order valence-corrected chi connectivity index (χ0v) is 14.2. The number of aromatic amines is 1. The summed E-state index contributed by atoms with van der Waals surface area (Å²) in [7, 11) is 1.19. The summed E-state index contributed by atoms with van der Waals surface area (Å²) in [5, 5.41) is 19.4. The van der Waals surface area contributed by atoms with Crippen molar-refractivity contribution in [1.29, 1.82) is 0 Å². The number of nitrogens with zero attached hydrogens (tertiary/aromatic N) is 1. The molecule has 1 aromatic rings. The summed E-state index contributed by atoms with van der Waals surface area (Å²) in [6, 6.07) is 0. The van der Waals surface area contributed by atoms with Gasteiger partial charge in [0.25, 0.3) is 5.56 Å². The molecule has 0 amide bonds. The fourth-order valence-corrected chi connectivity index (χ4v) is 2.87. The van der Waals surface area contributed by atoms with Gasteiger partial charge in [-0.3, -0.25) is 14.3 Å². The fourth-order valence-electron chi connectivity index (χ4n) is 2.12. The van der Waals surface area contributed by atoms with Gasteiger partial charge < -0.3 is 19.7 Å². The summed E-state index contributed by atoms with van der Waals surface area (Å²) in [5.74, 6) is -0.660. The summed E-state index contributed by atoms with van der Waals surface area (Å²) < 4.78 is 10.5. The van der Waals surface area contributed by atoms with E-state index in [0.29, 0.717) is 0 Å². The summed E-state index contributed by atoms with van der Waals surface area (Å²) in [5.41, 5.74) is -1.44. The summed E-state index contributed by atoms with van der Waals surface area (Å²) in [6.07, 6.45) is 0.661. The molecule has 0 spiro atoms. The third-order valence-electron chi connectivity index (χ3n) is 3.34. The molecule has 9 nitrogen and oxygen atoms in total. The lowest BCUT2D eigenvalue weighted by Crippen LogP contribution is -2.37. The van der Waals surface area contributed by atoms with Gasteiger partial charge in [-0.15, -0.1) is 0 Å². The summed E-state index contributed by atoms with van der Waals surface area (Å²) in [6.45, 7) is -0.311. The maximum atomic E-state index is 12.0. The van der Waals surface area contributed by atoms with Crippen LogP contribution in [-0.2, 0) is 14.3 Å². The smallest absolute Gasteiger partial charge is 0.330 e. The number of aliphatic hydroxyl groups excluding tert-OH is 2. The van der Waals surface area contributed by atoms with E-state index in [1.54, 1.807) is 0 Å². The zero-order valence-electron chi connectivity index (χ0n) is 12.0. The van der Waals surface area contributed by atoms with Crippen LogP contribution in [0.3, 0.4) is 0 Å². The Morgan fingerprint density at radius 3 is 2.83 bits per heavy atom. The SMILES string of the molecule is COC(=O)C=Cc1cn([C@H]2O[C@@H](CO)C(I)C2O)c(=O)[nH]c1=O. The molecular formula is C13H15IN2O7. The number of H-pyrrole nitrogens is 1. The number of ether oxygens (including phenoxy) is 2. The standard InChI is InChI=1S/C13H15IN2O7/c1-22-8(18)3-2-6-4-16(13(21)15-11(6)20)12-10(19)9(14)7(5-17)23-12/h2-4,7,9-10,12,17,19H,5H2,1H3,(H,15,20,21)/t7-,9?,10?,12-/m0/s1. The van der Waals surface area contributed by atoms with Gasteiger partial charge in [-0.05, 0) is 6.08 Å². The second-order valence-corrected chi connectivity index (χ2v) is 6.23. The average Bonchev–Trinajstić information content (AvgIpc) is 2.81. The Balaban J connectivity index is 2.40. The Hall–Kier alpha value is -1.50. The molecule has 0 aromatic carbocycles. The number of hydrogen-bond acceptors (Lipinski definition) is 7. The molecule has 1 aromatic heterocycles. The van der Waals surface area contributed by atoms with Crippen molar-refractivity contribution in [3.05, 3.63) is 38.7 Å². The van der Waals surface area contributed by atoms with Crippen LogP contribution in [-0.4, -0.2) is 55.6 Å². The molecule has 10 heteroatoms. The number of rotatable bonds is 4. The van der Waals surface area contributed by atoms with Crippen molar-refractivity contribution in [2.45, 2.75) is 22.4 Å². The number of halogens is 1. The van der Waals surface area contributed by atoms with Crippen LogP contribution < -0.4 is 11.2 Å². The van der Waals surface area contributed by atoms with Crippen molar-refractivity contribution in [1.82, 2.24) is 9.55 Å². The number of carbonyl (C=O) groups is 1. The Bertz CT molecular complexity index is 726. The van der Waals surface area contributed by atoms with Crippen LogP contribution in [0.15, 0.2) is 21.9 Å². The Morgan fingerprint density at radius 2 is 2.26 bits per heavy atom. The van der Waals surface area contributed by atoms with Crippen LogP contribution >= 0.6 is 22.6 Å². The van der Waals surface area contributed by atoms with Gasteiger partial charge in [0.2, 0.25) is 0 Å². The quantitative estimate of drug-likeness (QED) is 0.233. The molecule has 0 saturated carbocycles. The maximum absolute atomic E-state index is 12.0. The lowest BCUT2D eigenvalue weighted by molar-refractivity contribution is -0.134. The maximum Gasteiger partial charge on any atom is 0.330 e. The Kier molecular flexibility index (Phi) is 5.73. The molecule has 2 unspecified atom stereocenters. The highest BCUT2D eigenvalue weighted by molar-refractivity contribution is 14.1. The Morgan fingerprint density at radius 1 is 1.57 bits per heavy atom. The van der Waals surface area contributed by atoms with E-state index in [0.717, 1.165) is 10.6 Å². The van der Waals surface area contributed by atoms with Crippen molar-refractivity contribution in [2.24, 2.45) is 0 Å². The molecule has 2 rings (SSSR count). The minimum atomic E-state index is -1.05. The predicted octanol–water partition coefficient (Wildman–Crippen LogP) is -1.22. The van der Waals surface area contributed by atoms with Gasteiger partial charge in [-0.1, -0.05) is 22.6 Å².